The summed E-state index contributed by atoms with van der Waals surface area (Å²) in [4.78, 5) is 18.0. The van der Waals surface area contributed by atoms with Crippen LogP contribution in [0, 0.1) is 0 Å². The minimum atomic E-state index is -4.65. The molecule has 0 aliphatic carbocycles. The van der Waals surface area contributed by atoms with E-state index in [9.17, 15) is 23.1 Å². The molecule has 0 aliphatic heterocycles. The van der Waals surface area contributed by atoms with Gasteiger partial charge in [-0.2, -0.15) is 13.2 Å². The summed E-state index contributed by atoms with van der Waals surface area (Å²) in [6.45, 7) is 1.83. The first-order valence-corrected chi connectivity index (χ1v) is 10.9. The van der Waals surface area contributed by atoms with Gasteiger partial charge in [0.05, 0.1) is 25.3 Å². The molecule has 32 heavy (non-hydrogen) atoms. The average molecular weight is 464 g/mol. The van der Waals surface area contributed by atoms with E-state index in [-0.39, 0.29) is 30.8 Å². The molecule has 0 saturated heterocycles. The van der Waals surface area contributed by atoms with E-state index in [0.717, 1.165) is 18.6 Å². The molecule has 0 fully saturated rings. The van der Waals surface area contributed by atoms with E-state index in [1.165, 1.54) is 16.2 Å². The Bertz CT molecular complexity index is 1020. The number of alkyl halides is 3. The van der Waals surface area contributed by atoms with Crippen molar-refractivity contribution in [2.45, 2.75) is 39.0 Å². The van der Waals surface area contributed by atoms with Crippen LogP contribution in [0.25, 0.3) is 11.1 Å². The van der Waals surface area contributed by atoms with Crippen molar-refractivity contribution >= 4 is 17.4 Å². The van der Waals surface area contributed by atoms with E-state index in [4.69, 9.17) is 4.74 Å². The number of unbranched alkanes of at least 4 members (excludes halogenated alkanes) is 1. The zero-order valence-electron chi connectivity index (χ0n) is 17.4. The summed E-state index contributed by atoms with van der Waals surface area (Å²) in [5.74, 6) is -0.560. The SMILES string of the molecule is CCCCOC(=O)N(Cc1nccs1)Cc1cc(C(F)(F)F)cc(-c2ccccc2)c1[O]. The Morgan fingerprint density at radius 2 is 1.91 bits per heavy atom. The van der Waals surface area contributed by atoms with Gasteiger partial charge in [0.1, 0.15) is 5.01 Å². The molecule has 3 aromatic rings. The molecule has 3 rings (SSSR count). The highest BCUT2D eigenvalue weighted by Crippen LogP contribution is 2.40. The van der Waals surface area contributed by atoms with Crippen LogP contribution in [0.3, 0.4) is 0 Å². The zero-order valence-corrected chi connectivity index (χ0v) is 18.2. The largest absolute Gasteiger partial charge is 0.449 e. The molecule has 1 amide bonds. The van der Waals surface area contributed by atoms with Crippen LogP contribution in [0.1, 0.15) is 35.9 Å². The standard InChI is InChI=1S/C23H22F3N2O3S/c1-2-3-10-31-22(30)28(15-20-27-9-11-32-20)14-17-12-18(23(24,25)26)13-19(21(17)29)16-7-5-4-6-8-16/h4-9,11-13H,2-3,10,14-15H2,1H3. The first-order valence-electron chi connectivity index (χ1n) is 10.1. The molecule has 0 N–H and O–H groups in total. The molecule has 0 spiro atoms. The van der Waals surface area contributed by atoms with E-state index in [0.29, 0.717) is 17.0 Å². The number of ether oxygens (including phenoxy) is 1. The number of halogens is 3. The van der Waals surface area contributed by atoms with Crippen LogP contribution in [0.15, 0.2) is 54.0 Å². The van der Waals surface area contributed by atoms with Gasteiger partial charge in [-0.25, -0.2) is 9.78 Å². The molecular formula is C23H22F3N2O3S. The Morgan fingerprint density at radius 1 is 1.16 bits per heavy atom. The summed E-state index contributed by atoms with van der Waals surface area (Å²) >= 11 is 1.30. The Morgan fingerprint density at radius 3 is 2.53 bits per heavy atom. The van der Waals surface area contributed by atoms with Gasteiger partial charge in [-0.05, 0) is 24.1 Å². The molecule has 1 radical (unpaired) electrons. The maximum atomic E-state index is 13.6. The maximum Gasteiger partial charge on any atom is 0.416 e. The van der Waals surface area contributed by atoms with Gasteiger partial charge in [0, 0.05) is 22.7 Å². The fourth-order valence-electron chi connectivity index (χ4n) is 3.08. The van der Waals surface area contributed by atoms with Gasteiger partial charge in [-0.1, -0.05) is 43.7 Å². The second-order valence-electron chi connectivity index (χ2n) is 7.13. The van der Waals surface area contributed by atoms with Gasteiger partial charge < -0.3 is 4.74 Å². The summed E-state index contributed by atoms with van der Waals surface area (Å²) in [7, 11) is 0. The van der Waals surface area contributed by atoms with Gasteiger partial charge in [0.25, 0.3) is 0 Å². The second-order valence-corrected chi connectivity index (χ2v) is 8.10. The van der Waals surface area contributed by atoms with Crippen LogP contribution in [-0.2, 0) is 29.1 Å². The molecule has 0 bridgehead atoms. The molecule has 169 valence electrons. The van der Waals surface area contributed by atoms with Crippen LogP contribution >= 0.6 is 11.3 Å². The normalized spacial score (nSPS) is 11.4. The van der Waals surface area contributed by atoms with Crippen LogP contribution < -0.4 is 0 Å². The van der Waals surface area contributed by atoms with Gasteiger partial charge in [-0.15, -0.1) is 11.3 Å². The third kappa shape index (κ3) is 6.00. The fourth-order valence-corrected chi connectivity index (χ4v) is 3.71. The minimum absolute atomic E-state index is 0.0268. The van der Waals surface area contributed by atoms with Crippen molar-refractivity contribution in [1.29, 1.82) is 0 Å². The van der Waals surface area contributed by atoms with Crippen LogP contribution in [0.4, 0.5) is 18.0 Å². The van der Waals surface area contributed by atoms with Crippen molar-refractivity contribution in [2.24, 2.45) is 0 Å². The first kappa shape index (κ1) is 23.6. The molecule has 0 unspecified atom stereocenters. The first-order chi connectivity index (χ1) is 15.3. The Balaban J connectivity index is 1.99. The van der Waals surface area contributed by atoms with Gasteiger partial charge in [0.2, 0.25) is 0 Å². The van der Waals surface area contributed by atoms with Crippen LogP contribution in [-0.4, -0.2) is 22.6 Å². The van der Waals surface area contributed by atoms with Crippen LogP contribution in [0.5, 0.6) is 5.75 Å². The van der Waals surface area contributed by atoms with Crippen molar-refractivity contribution in [2.75, 3.05) is 6.61 Å². The van der Waals surface area contributed by atoms with Crippen LogP contribution in [0.2, 0.25) is 0 Å². The lowest BCUT2D eigenvalue weighted by atomic mass is 9.97. The van der Waals surface area contributed by atoms with Crippen molar-refractivity contribution in [3.63, 3.8) is 0 Å². The number of nitrogens with zero attached hydrogens (tertiary/aromatic N) is 2. The fraction of sp³-hybridized carbons (Fsp3) is 0.304. The summed E-state index contributed by atoms with van der Waals surface area (Å²) in [5, 5.41) is 15.4. The molecule has 5 nitrogen and oxygen atoms in total. The van der Waals surface area contributed by atoms with Crippen molar-refractivity contribution < 1.29 is 27.8 Å². The molecule has 0 atom stereocenters. The number of carbonyl (C=O) groups is 1. The molecular weight excluding hydrogens is 441 g/mol. The number of amides is 1. The molecule has 0 saturated carbocycles. The lowest BCUT2D eigenvalue weighted by Crippen LogP contribution is -2.31. The van der Waals surface area contributed by atoms with E-state index >= 15 is 0 Å². The second kappa shape index (κ2) is 10.5. The van der Waals surface area contributed by atoms with Gasteiger partial charge >= 0.3 is 12.3 Å². The third-order valence-electron chi connectivity index (χ3n) is 4.73. The topological polar surface area (TPSA) is 62.3 Å². The highest BCUT2D eigenvalue weighted by molar-refractivity contribution is 7.09. The summed E-state index contributed by atoms with van der Waals surface area (Å²) in [6.07, 6.45) is -2.30. The summed E-state index contributed by atoms with van der Waals surface area (Å²) in [5.41, 5.74) is -0.770. The maximum absolute atomic E-state index is 13.6. The smallest absolute Gasteiger partial charge is 0.416 e. The molecule has 2 aromatic carbocycles. The Labute approximate surface area is 188 Å². The predicted molar refractivity (Wildman–Crippen MR) is 115 cm³/mol. The summed E-state index contributed by atoms with van der Waals surface area (Å²) < 4.78 is 46.0. The molecule has 1 aromatic heterocycles. The molecule has 9 heteroatoms. The number of benzene rings is 2. The van der Waals surface area contributed by atoms with Gasteiger partial charge in [0.15, 0.2) is 5.75 Å². The quantitative estimate of drug-likeness (QED) is 0.341. The van der Waals surface area contributed by atoms with Gasteiger partial charge in [-0.3, -0.25) is 10.0 Å². The van der Waals surface area contributed by atoms with Crippen molar-refractivity contribution in [1.82, 2.24) is 9.88 Å². The average Bonchev–Trinajstić information content (AvgIpc) is 3.27. The number of carbonyl (C=O) groups excluding carboxylic acids is 1. The number of hydrogen-bond acceptors (Lipinski definition) is 4. The minimum Gasteiger partial charge on any atom is -0.449 e. The van der Waals surface area contributed by atoms with Crippen molar-refractivity contribution in [3.8, 4) is 16.9 Å². The van der Waals surface area contributed by atoms with Crippen molar-refractivity contribution in [3.05, 3.63) is 70.2 Å². The van der Waals surface area contributed by atoms with E-state index < -0.39 is 23.6 Å². The summed E-state index contributed by atoms with van der Waals surface area (Å²) in [6, 6.07) is 9.82. The highest BCUT2D eigenvalue weighted by Gasteiger charge is 2.33. The lowest BCUT2D eigenvalue weighted by molar-refractivity contribution is -0.137. The number of aromatic nitrogens is 1. The van der Waals surface area contributed by atoms with E-state index in [2.05, 4.69) is 4.98 Å². The van der Waals surface area contributed by atoms with E-state index in [1.807, 2.05) is 6.92 Å². The molecule has 0 aliphatic rings. The Hall–Kier alpha value is -3.07. The predicted octanol–water partition coefficient (Wildman–Crippen LogP) is 6.91. The number of rotatable bonds is 8. The monoisotopic (exact) mass is 463 g/mol. The lowest BCUT2D eigenvalue weighted by Gasteiger charge is -2.23. The molecule has 1 heterocycles. The van der Waals surface area contributed by atoms with E-state index in [1.54, 1.807) is 41.9 Å². The third-order valence-corrected chi connectivity index (χ3v) is 5.49. The Kier molecular flexibility index (Phi) is 7.74. The highest BCUT2D eigenvalue weighted by atomic mass is 32.1. The zero-order chi connectivity index (χ0) is 23.1. The number of thiazole rings is 1. The number of hydrogen-bond donors (Lipinski definition) is 0.